The number of fused-ring (bicyclic) bond motifs is 1. The summed E-state index contributed by atoms with van der Waals surface area (Å²) in [4.78, 5) is 25.6. The molecule has 2 rings (SSSR count). The van der Waals surface area contributed by atoms with Crippen molar-refractivity contribution in [2.45, 2.75) is 45.6 Å². The van der Waals surface area contributed by atoms with Gasteiger partial charge in [0.15, 0.2) is 0 Å². The monoisotopic (exact) mass is 288 g/mol. The van der Waals surface area contributed by atoms with E-state index in [4.69, 9.17) is 0 Å². The van der Waals surface area contributed by atoms with Gasteiger partial charge in [0.05, 0.1) is 0 Å². The van der Waals surface area contributed by atoms with E-state index in [1.807, 2.05) is 17.0 Å². The van der Waals surface area contributed by atoms with Crippen molar-refractivity contribution >= 4 is 11.8 Å². The molecule has 1 aromatic carbocycles. The molecule has 0 spiro atoms. The van der Waals surface area contributed by atoms with Gasteiger partial charge in [-0.15, -0.1) is 0 Å². The summed E-state index contributed by atoms with van der Waals surface area (Å²) >= 11 is 0. The topological polar surface area (TPSA) is 49.4 Å². The van der Waals surface area contributed by atoms with Gasteiger partial charge in [-0.3, -0.25) is 9.59 Å². The van der Waals surface area contributed by atoms with Gasteiger partial charge in [0, 0.05) is 32.5 Å². The normalized spacial score (nSPS) is 13.7. The van der Waals surface area contributed by atoms with Crippen LogP contribution in [0, 0.1) is 0 Å². The van der Waals surface area contributed by atoms with Gasteiger partial charge in [0.25, 0.3) is 0 Å². The maximum absolute atomic E-state index is 12.2. The number of unbranched alkanes of at least 4 members (excludes halogenated alkanes) is 1. The van der Waals surface area contributed by atoms with E-state index >= 15 is 0 Å². The molecular weight excluding hydrogens is 264 g/mol. The summed E-state index contributed by atoms with van der Waals surface area (Å²) in [5.41, 5.74) is 2.58. The summed E-state index contributed by atoms with van der Waals surface area (Å²) in [7, 11) is 0. The fraction of sp³-hybridized carbons (Fsp3) is 0.529. The SMILES string of the molecule is CCCCC(=O)NCCC(=O)N1CCc2ccccc2C1. The third kappa shape index (κ3) is 4.59. The Balaban J connectivity index is 1.74. The second-order valence-corrected chi connectivity index (χ2v) is 5.54. The van der Waals surface area contributed by atoms with Crippen LogP contribution in [0.5, 0.6) is 0 Å². The quantitative estimate of drug-likeness (QED) is 0.873. The van der Waals surface area contributed by atoms with Gasteiger partial charge < -0.3 is 10.2 Å². The number of nitrogens with one attached hydrogen (secondary N) is 1. The molecule has 0 aliphatic carbocycles. The third-order valence-corrected chi connectivity index (χ3v) is 3.90. The molecule has 4 nitrogen and oxygen atoms in total. The Kier molecular flexibility index (Phi) is 5.78. The lowest BCUT2D eigenvalue weighted by Gasteiger charge is -2.29. The van der Waals surface area contributed by atoms with Crippen LogP contribution in [0.15, 0.2) is 24.3 Å². The summed E-state index contributed by atoms with van der Waals surface area (Å²) in [6.45, 7) is 3.98. The highest BCUT2D eigenvalue weighted by Crippen LogP contribution is 2.18. The number of hydrogen-bond donors (Lipinski definition) is 1. The molecule has 1 heterocycles. The van der Waals surface area contributed by atoms with E-state index in [0.717, 1.165) is 25.8 Å². The van der Waals surface area contributed by atoms with E-state index in [0.29, 0.717) is 25.9 Å². The lowest BCUT2D eigenvalue weighted by atomic mass is 10.00. The Labute approximate surface area is 126 Å². The van der Waals surface area contributed by atoms with Gasteiger partial charge in [-0.05, 0) is 24.0 Å². The molecule has 1 aliphatic rings. The first-order valence-electron chi connectivity index (χ1n) is 7.82. The zero-order valence-electron chi connectivity index (χ0n) is 12.7. The summed E-state index contributed by atoms with van der Waals surface area (Å²) < 4.78 is 0. The van der Waals surface area contributed by atoms with Crippen LogP contribution >= 0.6 is 0 Å². The Morgan fingerprint density at radius 1 is 1.19 bits per heavy atom. The number of rotatable bonds is 6. The standard InChI is InChI=1S/C17H24N2O2/c1-2-3-8-16(20)18-11-9-17(21)19-12-10-14-6-4-5-7-15(14)13-19/h4-7H,2-3,8-13H2,1H3,(H,18,20). The highest BCUT2D eigenvalue weighted by Gasteiger charge is 2.19. The van der Waals surface area contributed by atoms with Crippen LogP contribution in [0.3, 0.4) is 0 Å². The van der Waals surface area contributed by atoms with Gasteiger partial charge >= 0.3 is 0 Å². The number of hydrogen-bond acceptors (Lipinski definition) is 2. The zero-order valence-corrected chi connectivity index (χ0v) is 12.7. The van der Waals surface area contributed by atoms with E-state index in [9.17, 15) is 9.59 Å². The highest BCUT2D eigenvalue weighted by molar-refractivity contribution is 5.79. The molecular formula is C17H24N2O2. The van der Waals surface area contributed by atoms with Crippen molar-refractivity contribution < 1.29 is 9.59 Å². The van der Waals surface area contributed by atoms with Crippen molar-refractivity contribution in [3.8, 4) is 0 Å². The van der Waals surface area contributed by atoms with Crippen LogP contribution in [0.25, 0.3) is 0 Å². The van der Waals surface area contributed by atoms with Crippen molar-refractivity contribution in [2.75, 3.05) is 13.1 Å². The maximum Gasteiger partial charge on any atom is 0.224 e. The first kappa shape index (κ1) is 15.5. The van der Waals surface area contributed by atoms with Crippen molar-refractivity contribution in [3.05, 3.63) is 35.4 Å². The number of benzene rings is 1. The summed E-state index contributed by atoms with van der Waals surface area (Å²) in [5.74, 6) is 0.175. The molecule has 4 heteroatoms. The molecule has 114 valence electrons. The minimum atomic E-state index is 0.0497. The van der Waals surface area contributed by atoms with Crippen LogP contribution in [0.1, 0.15) is 43.7 Å². The Morgan fingerprint density at radius 3 is 2.71 bits per heavy atom. The lowest BCUT2D eigenvalue weighted by Crippen LogP contribution is -2.38. The second-order valence-electron chi connectivity index (χ2n) is 5.54. The minimum absolute atomic E-state index is 0.0497. The lowest BCUT2D eigenvalue weighted by molar-refractivity contribution is -0.132. The summed E-state index contributed by atoms with van der Waals surface area (Å²) in [6.07, 6.45) is 3.79. The maximum atomic E-state index is 12.2. The van der Waals surface area contributed by atoms with Crippen molar-refractivity contribution in [1.29, 1.82) is 0 Å². The first-order valence-corrected chi connectivity index (χ1v) is 7.82. The smallest absolute Gasteiger partial charge is 0.224 e. The van der Waals surface area contributed by atoms with E-state index in [-0.39, 0.29) is 11.8 Å². The molecule has 0 atom stereocenters. The van der Waals surface area contributed by atoms with Crippen molar-refractivity contribution in [3.63, 3.8) is 0 Å². The van der Waals surface area contributed by atoms with Gasteiger partial charge in [0.2, 0.25) is 11.8 Å². The molecule has 1 aromatic rings. The molecule has 0 fully saturated rings. The minimum Gasteiger partial charge on any atom is -0.356 e. The fourth-order valence-electron chi connectivity index (χ4n) is 2.60. The first-order chi connectivity index (χ1) is 10.2. The average molecular weight is 288 g/mol. The Hall–Kier alpha value is -1.84. The average Bonchev–Trinajstić information content (AvgIpc) is 2.52. The van der Waals surface area contributed by atoms with Gasteiger partial charge in [-0.1, -0.05) is 37.6 Å². The number of carbonyl (C=O) groups is 2. The van der Waals surface area contributed by atoms with Crippen molar-refractivity contribution in [1.82, 2.24) is 10.2 Å². The molecule has 0 saturated heterocycles. The van der Waals surface area contributed by atoms with Crippen LogP contribution in [-0.2, 0) is 22.6 Å². The molecule has 0 unspecified atom stereocenters. The fourth-order valence-corrected chi connectivity index (χ4v) is 2.60. The van der Waals surface area contributed by atoms with Gasteiger partial charge in [0.1, 0.15) is 0 Å². The number of nitrogens with zero attached hydrogens (tertiary/aromatic N) is 1. The van der Waals surface area contributed by atoms with Crippen LogP contribution in [0.4, 0.5) is 0 Å². The highest BCUT2D eigenvalue weighted by atomic mass is 16.2. The molecule has 21 heavy (non-hydrogen) atoms. The molecule has 1 N–H and O–H groups in total. The van der Waals surface area contributed by atoms with Crippen LogP contribution < -0.4 is 5.32 Å². The molecule has 0 saturated carbocycles. The summed E-state index contributed by atoms with van der Waals surface area (Å²) in [6, 6.07) is 8.27. The number of carbonyl (C=O) groups excluding carboxylic acids is 2. The third-order valence-electron chi connectivity index (χ3n) is 3.90. The Morgan fingerprint density at radius 2 is 1.95 bits per heavy atom. The molecule has 0 bridgehead atoms. The van der Waals surface area contributed by atoms with Gasteiger partial charge in [-0.25, -0.2) is 0 Å². The second kappa shape index (κ2) is 7.81. The molecule has 0 radical (unpaired) electrons. The van der Waals surface area contributed by atoms with Crippen molar-refractivity contribution in [2.24, 2.45) is 0 Å². The predicted octanol–water partition coefficient (Wildman–Crippen LogP) is 2.27. The largest absolute Gasteiger partial charge is 0.356 e. The molecule has 2 amide bonds. The van der Waals surface area contributed by atoms with Crippen LogP contribution in [0.2, 0.25) is 0 Å². The van der Waals surface area contributed by atoms with E-state index in [2.05, 4.69) is 24.4 Å². The molecule has 0 aromatic heterocycles. The summed E-state index contributed by atoms with van der Waals surface area (Å²) in [5, 5.41) is 2.82. The predicted molar refractivity (Wildman–Crippen MR) is 82.7 cm³/mol. The number of amides is 2. The van der Waals surface area contributed by atoms with Crippen LogP contribution in [-0.4, -0.2) is 29.8 Å². The van der Waals surface area contributed by atoms with E-state index < -0.39 is 0 Å². The molecule has 1 aliphatic heterocycles. The van der Waals surface area contributed by atoms with E-state index in [1.54, 1.807) is 0 Å². The van der Waals surface area contributed by atoms with Gasteiger partial charge in [-0.2, -0.15) is 0 Å². The zero-order chi connectivity index (χ0) is 15.1. The van der Waals surface area contributed by atoms with E-state index in [1.165, 1.54) is 11.1 Å². The Bertz CT molecular complexity index is 499.